The van der Waals surface area contributed by atoms with Crippen molar-refractivity contribution in [3.05, 3.63) is 130 Å². The summed E-state index contributed by atoms with van der Waals surface area (Å²) in [6, 6.07) is 33.1. The number of hydrogen-bond acceptors (Lipinski definition) is 9. The summed E-state index contributed by atoms with van der Waals surface area (Å²) in [5, 5.41) is 28.0. The number of ether oxygens (including phenoxy) is 2. The van der Waals surface area contributed by atoms with Crippen molar-refractivity contribution in [2.75, 3.05) is 57.8 Å². The number of carbonyl (C=O) groups excluding carboxylic acids is 2. The third-order valence-corrected chi connectivity index (χ3v) is 13.3. The number of phenols is 1. The number of aromatic hydroxyl groups is 1. The lowest BCUT2D eigenvalue weighted by Gasteiger charge is -2.29. The molecule has 1 aromatic heterocycles. The molecule has 2 heterocycles. The number of H-pyrrole nitrogens is 1. The number of nitrogens with one attached hydrogen (secondary N) is 3. The maximum atomic E-state index is 13.4. The van der Waals surface area contributed by atoms with Gasteiger partial charge in [-0.1, -0.05) is 91.7 Å². The molecule has 0 spiro atoms. The van der Waals surface area contributed by atoms with Crippen LogP contribution in [0, 0.1) is 11.8 Å². The molecule has 2 unspecified atom stereocenters. The Morgan fingerprint density at radius 3 is 2.32 bits per heavy atom. The molecule has 5 N–H and O–H groups in total. The van der Waals surface area contributed by atoms with Crippen LogP contribution in [0.5, 0.6) is 5.75 Å². The molecule has 4 aromatic carbocycles. The van der Waals surface area contributed by atoms with Crippen molar-refractivity contribution in [1.82, 2.24) is 20.1 Å². The molecular formula is C51H61N5O7. The van der Waals surface area contributed by atoms with Crippen LogP contribution < -0.4 is 16.2 Å². The number of aliphatic hydroxyl groups excluding tert-OH is 1. The number of benzene rings is 4. The number of fused-ring (bicyclic) bond motifs is 2. The molecule has 3 fully saturated rings. The molecule has 8 rings (SSSR count). The van der Waals surface area contributed by atoms with E-state index in [0.29, 0.717) is 61.0 Å². The van der Waals surface area contributed by atoms with Crippen molar-refractivity contribution in [3.8, 4) is 16.9 Å². The van der Waals surface area contributed by atoms with Crippen molar-refractivity contribution < 1.29 is 29.3 Å². The Morgan fingerprint density at radius 1 is 0.841 bits per heavy atom. The number of nitrogens with zero attached hydrogens (tertiary/aromatic N) is 2. The first-order valence-electron chi connectivity index (χ1n) is 22.8. The maximum Gasteiger partial charge on any atom is 0.411 e. The lowest BCUT2D eigenvalue weighted by Crippen LogP contribution is -2.43. The van der Waals surface area contributed by atoms with Gasteiger partial charge in [0, 0.05) is 62.3 Å². The van der Waals surface area contributed by atoms with E-state index in [2.05, 4.69) is 44.8 Å². The molecule has 12 nitrogen and oxygen atoms in total. The second-order valence-electron chi connectivity index (χ2n) is 17.5. The van der Waals surface area contributed by atoms with Crippen LogP contribution in [0.3, 0.4) is 0 Å². The van der Waals surface area contributed by atoms with Gasteiger partial charge in [0.25, 0.3) is 0 Å². The van der Waals surface area contributed by atoms with Gasteiger partial charge in [0.1, 0.15) is 11.9 Å². The summed E-state index contributed by atoms with van der Waals surface area (Å²) in [5.74, 6) is 1.17. The molecular weight excluding hydrogens is 795 g/mol. The van der Waals surface area contributed by atoms with Gasteiger partial charge in [-0.25, -0.2) is 4.79 Å². The molecule has 63 heavy (non-hydrogen) atoms. The van der Waals surface area contributed by atoms with E-state index in [1.807, 2.05) is 59.5 Å². The second kappa shape index (κ2) is 21.2. The largest absolute Gasteiger partial charge is 0.506 e. The topological polar surface area (TPSA) is 156 Å². The lowest BCUT2D eigenvalue weighted by atomic mass is 10.0. The second-order valence-corrected chi connectivity index (χ2v) is 17.5. The van der Waals surface area contributed by atoms with Gasteiger partial charge in [-0.2, -0.15) is 0 Å². The molecule has 5 aromatic rings. The van der Waals surface area contributed by atoms with Crippen molar-refractivity contribution in [3.63, 3.8) is 0 Å². The molecule has 1 aliphatic heterocycles. The van der Waals surface area contributed by atoms with Crippen molar-refractivity contribution in [1.29, 1.82) is 0 Å². The SMILES string of the molecule is O=C(Nc1ccccc1-c1ccccc1)OC1CC2CN(CCc3ccc(CCOCCC(=O)N(CCNC[C@H](O)c4ccc(O)c5[nH]c(=O)ccc45)C4CCCC4)cc3)CC2C1. The third-order valence-electron chi connectivity index (χ3n) is 13.3. The number of carbonyl (C=O) groups is 2. The molecule has 332 valence electrons. The number of aromatic nitrogens is 1. The summed E-state index contributed by atoms with van der Waals surface area (Å²) in [6.45, 7) is 5.39. The van der Waals surface area contributed by atoms with E-state index < -0.39 is 6.10 Å². The molecule has 2 saturated carbocycles. The van der Waals surface area contributed by atoms with Crippen LogP contribution in [-0.2, 0) is 27.1 Å². The fourth-order valence-electron chi connectivity index (χ4n) is 9.95. The van der Waals surface area contributed by atoms with Crippen molar-refractivity contribution >= 4 is 28.6 Å². The lowest BCUT2D eigenvalue weighted by molar-refractivity contribution is -0.134. The number of para-hydroxylation sites is 1. The Kier molecular flexibility index (Phi) is 14.9. The predicted molar refractivity (Wildman–Crippen MR) is 246 cm³/mol. The summed E-state index contributed by atoms with van der Waals surface area (Å²) in [4.78, 5) is 45.3. The van der Waals surface area contributed by atoms with Crippen molar-refractivity contribution in [2.45, 2.75) is 76.0 Å². The van der Waals surface area contributed by atoms with Gasteiger partial charge in [0.2, 0.25) is 11.5 Å². The number of pyridine rings is 1. The van der Waals surface area contributed by atoms with Crippen LogP contribution in [-0.4, -0.2) is 102 Å². The van der Waals surface area contributed by atoms with Crippen molar-refractivity contribution in [2.24, 2.45) is 11.8 Å². The maximum absolute atomic E-state index is 13.4. The third kappa shape index (κ3) is 11.5. The van der Waals surface area contributed by atoms with Gasteiger partial charge < -0.3 is 39.8 Å². The van der Waals surface area contributed by atoms with Gasteiger partial charge in [-0.3, -0.25) is 14.9 Å². The van der Waals surface area contributed by atoms with Crippen LogP contribution in [0.2, 0.25) is 0 Å². The number of phenolic OH excluding ortho intramolecular Hbond substituents is 1. The van der Waals surface area contributed by atoms with Gasteiger partial charge in [-0.15, -0.1) is 0 Å². The van der Waals surface area contributed by atoms with E-state index in [0.717, 1.165) is 87.8 Å². The van der Waals surface area contributed by atoms with Crippen LogP contribution in [0.4, 0.5) is 10.5 Å². The van der Waals surface area contributed by atoms with Gasteiger partial charge >= 0.3 is 6.09 Å². The summed E-state index contributed by atoms with van der Waals surface area (Å²) >= 11 is 0. The van der Waals surface area contributed by atoms with Gasteiger partial charge in [-0.05, 0) is 90.8 Å². The number of hydrogen-bond donors (Lipinski definition) is 5. The fourth-order valence-corrected chi connectivity index (χ4v) is 9.95. The predicted octanol–water partition coefficient (Wildman–Crippen LogP) is 7.45. The van der Waals surface area contributed by atoms with E-state index in [-0.39, 0.29) is 42.0 Å². The highest BCUT2D eigenvalue weighted by Gasteiger charge is 2.42. The zero-order chi connectivity index (χ0) is 43.5. The Hall–Kier alpha value is -5.53. The van der Waals surface area contributed by atoms with Gasteiger partial charge in [0.05, 0.1) is 36.9 Å². The molecule has 2 aliphatic carbocycles. The highest BCUT2D eigenvalue weighted by atomic mass is 16.6. The summed E-state index contributed by atoms with van der Waals surface area (Å²) in [5.41, 5.74) is 5.91. The average molecular weight is 856 g/mol. The molecule has 1 saturated heterocycles. The standard InChI is InChI=1S/C51H61N5O7/c57-46-20-18-43(44-19-21-48(59)54-50(44)46)47(58)32-52-25-27-56(40-10-4-5-11-40)49(60)24-29-62-28-23-36-16-14-35(15-17-36)22-26-55-33-38-30-41(31-39(38)34-55)63-51(61)53-45-13-7-6-12-42(45)37-8-2-1-3-9-37/h1-3,6-9,12-21,38-41,47,52,57-58H,4-5,10-11,22-34H2,(H,53,61)(H,54,59)/t38?,39?,41?,47-/m0/s1. The molecule has 12 heteroatoms. The van der Waals surface area contributed by atoms with Crippen LogP contribution in [0.15, 0.2) is 108 Å². The zero-order valence-corrected chi connectivity index (χ0v) is 36.1. The fraction of sp³-hybridized carbons (Fsp3) is 0.431. The number of rotatable bonds is 19. The minimum atomic E-state index is -0.856. The summed E-state index contributed by atoms with van der Waals surface area (Å²) in [6.07, 6.45) is 6.91. The number of amides is 2. The van der Waals surface area contributed by atoms with Crippen LogP contribution >= 0.6 is 0 Å². The summed E-state index contributed by atoms with van der Waals surface area (Å²) in [7, 11) is 0. The van der Waals surface area contributed by atoms with Crippen LogP contribution in [0.25, 0.3) is 22.0 Å². The molecule has 3 aliphatic rings. The normalized spacial score (nSPS) is 19.3. The average Bonchev–Trinajstić information content (AvgIpc) is 4.05. The van der Waals surface area contributed by atoms with Gasteiger partial charge in [0.15, 0.2) is 0 Å². The first-order chi connectivity index (χ1) is 30.8. The number of likely N-dealkylation sites (tertiary alicyclic amines) is 1. The number of anilines is 1. The van der Waals surface area contributed by atoms with E-state index >= 15 is 0 Å². The van der Waals surface area contributed by atoms with E-state index in [1.54, 1.807) is 12.1 Å². The first-order valence-corrected chi connectivity index (χ1v) is 22.8. The first kappa shape index (κ1) is 44.1. The number of aliphatic hydroxyl groups is 1. The quantitative estimate of drug-likeness (QED) is 0.0533. The van der Waals surface area contributed by atoms with Crippen LogP contribution in [0.1, 0.15) is 67.7 Å². The van der Waals surface area contributed by atoms with E-state index in [1.165, 1.54) is 23.3 Å². The molecule has 2 amide bonds. The Morgan fingerprint density at radius 2 is 1.56 bits per heavy atom. The highest BCUT2D eigenvalue weighted by molar-refractivity contribution is 5.91. The Bertz CT molecular complexity index is 2330. The Balaban J connectivity index is 0.702. The van der Waals surface area contributed by atoms with E-state index in [9.17, 15) is 24.6 Å². The smallest absolute Gasteiger partial charge is 0.411 e. The number of aromatic amines is 1. The monoisotopic (exact) mass is 855 g/mol. The Labute approximate surface area is 369 Å². The molecule has 0 radical (unpaired) electrons. The minimum Gasteiger partial charge on any atom is -0.506 e. The minimum absolute atomic E-state index is 0.0440. The highest BCUT2D eigenvalue weighted by Crippen LogP contribution is 2.40. The zero-order valence-electron chi connectivity index (χ0n) is 36.1. The molecule has 0 bridgehead atoms. The van der Waals surface area contributed by atoms with E-state index in [4.69, 9.17) is 9.47 Å². The molecule has 3 atom stereocenters. The summed E-state index contributed by atoms with van der Waals surface area (Å²) < 4.78 is 11.9.